The molecule has 0 saturated heterocycles. The molecule has 0 bridgehead atoms. The maximum atomic E-state index is 9.21. The molecule has 2 heterocycles. The fourth-order valence-electron chi connectivity index (χ4n) is 2.95. The zero-order chi connectivity index (χ0) is 13.2. The van der Waals surface area contributed by atoms with Crippen molar-refractivity contribution in [2.45, 2.75) is 39.2 Å². The largest absolute Gasteiger partial charge is 0.396 e. The molecule has 19 heavy (non-hydrogen) atoms. The number of nitrogens with zero attached hydrogens (tertiary/aromatic N) is 2. The Kier molecular flexibility index (Phi) is 3.38. The zero-order valence-electron chi connectivity index (χ0n) is 11.4. The van der Waals surface area contributed by atoms with Crippen LogP contribution in [0.15, 0.2) is 24.3 Å². The average Bonchev–Trinajstić information content (AvgIpc) is 2.79. The third-order valence-corrected chi connectivity index (χ3v) is 3.94. The summed E-state index contributed by atoms with van der Waals surface area (Å²) in [7, 11) is 0. The summed E-state index contributed by atoms with van der Waals surface area (Å²) in [6.45, 7) is 3.36. The van der Waals surface area contributed by atoms with Gasteiger partial charge in [-0.25, -0.2) is 4.98 Å². The number of hydrogen-bond acceptors (Lipinski definition) is 2. The van der Waals surface area contributed by atoms with Crippen LogP contribution in [0.4, 0.5) is 0 Å². The van der Waals surface area contributed by atoms with Gasteiger partial charge in [-0.2, -0.15) is 0 Å². The summed E-state index contributed by atoms with van der Waals surface area (Å²) in [5.74, 6) is 1.08. The fraction of sp³-hybridized carbons (Fsp3) is 0.438. The van der Waals surface area contributed by atoms with Crippen LogP contribution >= 0.6 is 0 Å². The standard InChI is InChI=1S/C16H20N2O/c1-12-6-2-3-7-13(12)16-17-14(9-11-19)15-8-4-5-10-18(15)16/h2-3,6-7,19H,4-5,8-11H2,1H3. The van der Waals surface area contributed by atoms with Crippen LogP contribution in [-0.2, 0) is 19.4 Å². The van der Waals surface area contributed by atoms with E-state index in [0.29, 0.717) is 6.42 Å². The van der Waals surface area contributed by atoms with Crippen LogP contribution in [-0.4, -0.2) is 21.3 Å². The molecule has 0 spiro atoms. The molecular weight excluding hydrogens is 236 g/mol. The van der Waals surface area contributed by atoms with Gasteiger partial charge >= 0.3 is 0 Å². The van der Waals surface area contributed by atoms with Gasteiger partial charge in [0.2, 0.25) is 0 Å². The molecule has 0 unspecified atom stereocenters. The Bertz CT molecular complexity index is 586. The summed E-state index contributed by atoms with van der Waals surface area (Å²) in [6.07, 6.45) is 4.22. The number of benzene rings is 1. The molecule has 0 fully saturated rings. The van der Waals surface area contributed by atoms with E-state index in [1.807, 2.05) is 0 Å². The number of aryl methyl sites for hydroxylation is 1. The number of fused-ring (bicyclic) bond motifs is 1. The SMILES string of the molecule is Cc1ccccc1-c1nc(CCO)c2n1CCCC2. The number of aromatic nitrogens is 2. The van der Waals surface area contributed by atoms with Gasteiger partial charge in [-0.1, -0.05) is 24.3 Å². The molecular formula is C16H20N2O. The summed E-state index contributed by atoms with van der Waals surface area (Å²) >= 11 is 0. The summed E-state index contributed by atoms with van der Waals surface area (Å²) in [6, 6.07) is 8.40. The van der Waals surface area contributed by atoms with Crippen molar-refractivity contribution in [3.05, 3.63) is 41.2 Å². The molecule has 3 nitrogen and oxygen atoms in total. The first kappa shape index (κ1) is 12.4. The lowest BCUT2D eigenvalue weighted by molar-refractivity contribution is 0.297. The van der Waals surface area contributed by atoms with Gasteiger partial charge < -0.3 is 9.67 Å². The van der Waals surface area contributed by atoms with Crippen molar-refractivity contribution in [1.82, 2.24) is 9.55 Å². The predicted molar refractivity (Wildman–Crippen MR) is 76.1 cm³/mol. The fourth-order valence-corrected chi connectivity index (χ4v) is 2.95. The van der Waals surface area contributed by atoms with Gasteiger partial charge in [0, 0.05) is 30.8 Å². The van der Waals surface area contributed by atoms with Gasteiger partial charge in [-0.3, -0.25) is 0 Å². The molecule has 0 atom stereocenters. The van der Waals surface area contributed by atoms with Crippen LogP contribution in [0, 0.1) is 6.92 Å². The first-order valence-electron chi connectivity index (χ1n) is 7.06. The first-order valence-corrected chi connectivity index (χ1v) is 7.06. The number of aliphatic hydroxyl groups excluding tert-OH is 1. The van der Waals surface area contributed by atoms with Crippen molar-refractivity contribution in [3.8, 4) is 11.4 Å². The van der Waals surface area contributed by atoms with Crippen molar-refractivity contribution in [3.63, 3.8) is 0 Å². The Morgan fingerprint density at radius 2 is 2.11 bits per heavy atom. The van der Waals surface area contributed by atoms with E-state index in [4.69, 9.17) is 4.98 Å². The molecule has 2 aromatic rings. The molecule has 1 aliphatic heterocycles. The van der Waals surface area contributed by atoms with Crippen molar-refractivity contribution in [1.29, 1.82) is 0 Å². The summed E-state index contributed by atoms with van der Waals surface area (Å²) in [5.41, 5.74) is 4.89. The maximum Gasteiger partial charge on any atom is 0.140 e. The highest BCUT2D eigenvalue weighted by atomic mass is 16.3. The van der Waals surface area contributed by atoms with Crippen LogP contribution in [0.25, 0.3) is 11.4 Å². The van der Waals surface area contributed by atoms with E-state index >= 15 is 0 Å². The second kappa shape index (κ2) is 5.17. The quantitative estimate of drug-likeness (QED) is 0.917. The first-order chi connectivity index (χ1) is 9.31. The molecule has 1 aromatic heterocycles. The van der Waals surface area contributed by atoms with Crippen LogP contribution in [0.2, 0.25) is 0 Å². The lowest BCUT2D eigenvalue weighted by atomic mass is 10.1. The van der Waals surface area contributed by atoms with Crippen molar-refractivity contribution in [2.24, 2.45) is 0 Å². The minimum atomic E-state index is 0.178. The Morgan fingerprint density at radius 3 is 2.89 bits per heavy atom. The monoisotopic (exact) mass is 256 g/mol. The Hall–Kier alpha value is -1.61. The lowest BCUT2D eigenvalue weighted by Crippen LogP contribution is -2.12. The number of aliphatic hydroxyl groups is 1. The van der Waals surface area contributed by atoms with E-state index in [2.05, 4.69) is 35.8 Å². The molecule has 100 valence electrons. The van der Waals surface area contributed by atoms with Crippen LogP contribution < -0.4 is 0 Å². The molecule has 3 heteroatoms. The molecule has 1 aliphatic rings. The second-order valence-corrected chi connectivity index (χ2v) is 5.23. The smallest absolute Gasteiger partial charge is 0.140 e. The van der Waals surface area contributed by atoms with Crippen molar-refractivity contribution >= 4 is 0 Å². The van der Waals surface area contributed by atoms with Crippen LogP contribution in [0.5, 0.6) is 0 Å². The highest BCUT2D eigenvalue weighted by Crippen LogP contribution is 2.29. The normalized spacial score (nSPS) is 14.4. The highest BCUT2D eigenvalue weighted by molar-refractivity contribution is 5.61. The second-order valence-electron chi connectivity index (χ2n) is 5.23. The molecule has 3 rings (SSSR count). The van der Waals surface area contributed by atoms with Gasteiger partial charge in [0.1, 0.15) is 5.82 Å². The third kappa shape index (κ3) is 2.19. The minimum Gasteiger partial charge on any atom is -0.396 e. The minimum absolute atomic E-state index is 0.178. The summed E-state index contributed by atoms with van der Waals surface area (Å²) < 4.78 is 2.36. The lowest BCUT2D eigenvalue weighted by Gasteiger charge is -2.18. The molecule has 1 N–H and O–H groups in total. The summed E-state index contributed by atoms with van der Waals surface area (Å²) in [5, 5.41) is 9.21. The van der Waals surface area contributed by atoms with Gasteiger partial charge in [-0.05, 0) is 31.7 Å². The highest BCUT2D eigenvalue weighted by Gasteiger charge is 2.20. The van der Waals surface area contributed by atoms with E-state index in [9.17, 15) is 5.11 Å². The Balaban J connectivity index is 2.13. The van der Waals surface area contributed by atoms with Gasteiger partial charge in [0.25, 0.3) is 0 Å². The van der Waals surface area contributed by atoms with Crippen LogP contribution in [0.3, 0.4) is 0 Å². The molecule has 0 amide bonds. The van der Waals surface area contributed by atoms with E-state index in [0.717, 1.165) is 24.5 Å². The van der Waals surface area contributed by atoms with E-state index in [1.165, 1.54) is 29.7 Å². The van der Waals surface area contributed by atoms with Gasteiger partial charge in [-0.15, -0.1) is 0 Å². The molecule has 0 radical (unpaired) electrons. The van der Waals surface area contributed by atoms with Gasteiger partial charge in [0.15, 0.2) is 0 Å². The third-order valence-electron chi connectivity index (χ3n) is 3.94. The molecule has 0 aliphatic carbocycles. The van der Waals surface area contributed by atoms with E-state index < -0.39 is 0 Å². The van der Waals surface area contributed by atoms with Crippen LogP contribution in [0.1, 0.15) is 29.8 Å². The van der Waals surface area contributed by atoms with E-state index in [1.54, 1.807) is 0 Å². The van der Waals surface area contributed by atoms with Crippen molar-refractivity contribution < 1.29 is 5.11 Å². The number of rotatable bonds is 3. The summed E-state index contributed by atoms with van der Waals surface area (Å²) in [4.78, 5) is 4.82. The van der Waals surface area contributed by atoms with E-state index in [-0.39, 0.29) is 6.61 Å². The number of hydrogen-bond donors (Lipinski definition) is 1. The Morgan fingerprint density at radius 1 is 1.26 bits per heavy atom. The predicted octanol–water partition coefficient (Wildman–Crippen LogP) is 2.73. The van der Waals surface area contributed by atoms with Crippen molar-refractivity contribution in [2.75, 3.05) is 6.61 Å². The Labute approximate surface area is 113 Å². The van der Waals surface area contributed by atoms with Gasteiger partial charge in [0.05, 0.1) is 5.69 Å². The topological polar surface area (TPSA) is 38.1 Å². The molecule has 1 aromatic carbocycles. The zero-order valence-corrected chi connectivity index (χ0v) is 11.4. The molecule has 0 saturated carbocycles. The number of imidazole rings is 1. The maximum absolute atomic E-state index is 9.21. The average molecular weight is 256 g/mol.